The summed E-state index contributed by atoms with van der Waals surface area (Å²) in [6, 6.07) is 5.75. The first kappa shape index (κ1) is 14.7. The van der Waals surface area contributed by atoms with Gasteiger partial charge in [-0.05, 0) is 37.2 Å². The van der Waals surface area contributed by atoms with Gasteiger partial charge in [0.15, 0.2) is 5.78 Å². The maximum absolute atomic E-state index is 12.1. The van der Waals surface area contributed by atoms with E-state index in [1.165, 1.54) is 0 Å². The Bertz CT molecular complexity index is 417. The second-order valence-electron chi connectivity index (χ2n) is 3.98. The van der Waals surface area contributed by atoms with E-state index in [2.05, 4.69) is 5.32 Å². The Morgan fingerprint density at radius 3 is 2.44 bits per heavy atom. The van der Waals surface area contributed by atoms with Gasteiger partial charge in [-0.3, -0.25) is 9.59 Å². The second kappa shape index (κ2) is 7.13. The highest BCUT2D eigenvalue weighted by Gasteiger charge is 2.21. The number of hydrogen-bond donors (Lipinski definition) is 2. The van der Waals surface area contributed by atoms with Crippen molar-refractivity contribution in [3.05, 3.63) is 34.9 Å². The standard InChI is InChI=1S/C13H16ClNO3/c1-2-7-15-11(8-12(16)17)13(18)9-3-5-10(14)6-4-9/h3-6,11,15H,2,7-8H2,1H3,(H,16,17). The van der Waals surface area contributed by atoms with Gasteiger partial charge in [0.1, 0.15) is 0 Å². The molecule has 0 saturated heterocycles. The third kappa shape index (κ3) is 4.47. The molecule has 0 bridgehead atoms. The Morgan fingerprint density at radius 2 is 1.94 bits per heavy atom. The highest BCUT2D eigenvalue weighted by molar-refractivity contribution is 6.30. The lowest BCUT2D eigenvalue weighted by Crippen LogP contribution is -2.39. The molecule has 0 fully saturated rings. The third-order valence-corrected chi connectivity index (χ3v) is 2.72. The molecule has 18 heavy (non-hydrogen) atoms. The van der Waals surface area contributed by atoms with E-state index < -0.39 is 12.0 Å². The monoisotopic (exact) mass is 269 g/mol. The fourth-order valence-corrected chi connectivity index (χ4v) is 1.69. The molecule has 0 aliphatic carbocycles. The molecule has 0 radical (unpaired) electrons. The summed E-state index contributed by atoms with van der Waals surface area (Å²) in [6.07, 6.45) is 0.617. The Hall–Kier alpha value is -1.39. The Kier molecular flexibility index (Phi) is 5.82. The van der Waals surface area contributed by atoms with Crippen LogP contribution in [0.2, 0.25) is 5.02 Å². The average molecular weight is 270 g/mol. The van der Waals surface area contributed by atoms with Crippen LogP contribution in [-0.4, -0.2) is 29.4 Å². The summed E-state index contributed by atoms with van der Waals surface area (Å²) in [4.78, 5) is 22.9. The van der Waals surface area contributed by atoms with E-state index in [-0.39, 0.29) is 12.2 Å². The number of rotatable bonds is 7. The van der Waals surface area contributed by atoms with Gasteiger partial charge in [0.25, 0.3) is 0 Å². The Labute approximate surface area is 111 Å². The number of Topliss-reactive ketones (excluding diaryl/α,β-unsaturated/α-hetero) is 1. The number of carbonyl (C=O) groups excluding carboxylic acids is 1. The molecule has 2 N–H and O–H groups in total. The minimum atomic E-state index is -0.995. The number of benzene rings is 1. The van der Waals surface area contributed by atoms with E-state index in [0.29, 0.717) is 17.1 Å². The molecule has 0 heterocycles. The van der Waals surface area contributed by atoms with Crippen molar-refractivity contribution in [2.45, 2.75) is 25.8 Å². The van der Waals surface area contributed by atoms with Gasteiger partial charge in [-0.15, -0.1) is 0 Å². The van der Waals surface area contributed by atoms with Crippen molar-refractivity contribution in [1.29, 1.82) is 0 Å². The fraction of sp³-hybridized carbons (Fsp3) is 0.385. The number of aliphatic carboxylic acids is 1. The van der Waals surface area contributed by atoms with Gasteiger partial charge in [-0.25, -0.2) is 0 Å². The van der Waals surface area contributed by atoms with Crippen molar-refractivity contribution in [3.63, 3.8) is 0 Å². The van der Waals surface area contributed by atoms with Crippen LogP contribution in [0.3, 0.4) is 0 Å². The van der Waals surface area contributed by atoms with Gasteiger partial charge < -0.3 is 10.4 Å². The topological polar surface area (TPSA) is 66.4 Å². The van der Waals surface area contributed by atoms with Gasteiger partial charge in [-0.2, -0.15) is 0 Å². The van der Waals surface area contributed by atoms with Gasteiger partial charge in [-0.1, -0.05) is 18.5 Å². The van der Waals surface area contributed by atoms with Crippen LogP contribution in [-0.2, 0) is 4.79 Å². The van der Waals surface area contributed by atoms with E-state index in [1.54, 1.807) is 24.3 Å². The third-order valence-electron chi connectivity index (χ3n) is 2.46. The Morgan fingerprint density at radius 1 is 1.33 bits per heavy atom. The van der Waals surface area contributed by atoms with E-state index in [4.69, 9.17) is 16.7 Å². The summed E-state index contributed by atoms with van der Waals surface area (Å²) in [7, 11) is 0. The van der Waals surface area contributed by atoms with Gasteiger partial charge in [0.05, 0.1) is 12.5 Å². The summed E-state index contributed by atoms with van der Waals surface area (Å²) < 4.78 is 0. The van der Waals surface area contributed by atoms with Crippen molar-refractivity contribution >= 4 is 23.4 Å². The lowest BCUT2D eigenvalue weighted by Gasteiger charge is -2.15. The quantitative estimate of drug-likeness (QED) is 0.746. The van der Waals surface area contributed by atoms with Crippen molar-refractivity contribution in [2.75, 3.05) is 6.54 Å². The van der Waals surface area contributed by atoms with Crippen LogP contribution in [0, 0.1) is 0 Å². The van der Waals surface area contributed by atoms with Crippen molar-refractivity contribution in [2.24, 2.45) is 0 Å². The highest BCUT2D eigenvalue weighted by Crippen LogP contribution is 2.12. The minimum absolute atomic E-state index is 0.220. The SMILES string of the molecule is CCCNC(CC(=O)O)C(=O)c1ccc(Cl)cc1. The van der Waals surface area contributed by atoms with Crippen molar-refractivity contribution < 1.29 is 14.7 Å². The Balaban J connectivity index is 2.80. The first-order valence-electron chi connectivity index (χ1n) is 5.79. The van der Waals surface area contributed by atoms with Gasteiger partial charge >= 0.3 is 5.97 Å². The predicted molar refractivity (Wildman–Crippen MR) is 70.1 cm³/mol. The molecule has 0 saturated carbocycles. The molecule has 0 aliphatic heterocycles. The lowest BCUT2D eigenvalue weighted by molar-refractivity contribution is -0.137. The number of carboxylic acid groups (broad SMARTS) is 1. The zero-order chi connectivity index (χ0) is 13.5. The largest absolute Gasteiger partial charge is 0.481 e. The molecule has 1 aromatic rings. The summed E-state index contributed by atoms with van der Waals surface area (Å²) in [5.74, 6) is -1.21. The average Bonchev–Trinajstić information content (AvgIpc) is 2.34. The summed E-state index contributed by atoms with van der Waals surface area (Å²) in [5, 5.41) is 12.3. The minimum Gasteiger partial charge on any atom is -0.481 e. The maximum Gasteiger partial charge on any atom is 0.305 e. The second-order valence-corrected chi connectivity index (χ2v) is 4.41. The highest BCUT2D eigenvalue weighted by atomic mass is 35.5. The van der Waals surface area contributed by atoms with E-state index >= 15 is 0 Å². The summed E-state index contributed by atoms with van der Waals surface area (Å²) >= 11 is 5.74. The molecule has 1 unspecified atom stereocenters. The number of ketones is 1. The number of carboxylic acids is 1. The molecule has 1 aromatic carbocycles. The zero-order valence-corrected chi connectivity index (χ0v) is 10.9. The van der Waals surface area contributed by atoms with Crippen molar-refractivity contribution in [3.8, 4) is 0 Å². The molecule has 0 spiro atoms. The molecule has 98 valence electrons. The molecule has 0 aromatic heterocycles. The number of halogens is 1. The molecule has 4 nitrogen and oxygen atoms in total. The first-order chi connectivity index (χ1) is 8.54. The van der Waals surface area contributed by atoms with Gasteiger partial charge in [0.2, 0.25) is 0 Å². The summed E-state index contributed by atoms with van der Waals surface area (Å²) in [5.41, 5.74) is 0.467. The van der Waals surface area contributed by atoms with Crippen molar-refractivity contribution in [1.82, 2.24) is 5.32 Å². The van der Waals surface area contributed by atoms with E-state index in [9.17, 15) is 9.59 Å². The molecule has 1 atom stereocenters. The fourth-order valence-electron chi connectivity index (χ4n) is 1.57. The smallest absolute Gasteiger partial charge is 0.305 e. The normalized spacial score (nSPS) is 12.1. The molecule has 5 heteroatoms. The van der Waals surface area contributed by atoms with E-state index in [0.717, 1.165) is 6.42 Å². The van der Waals surface area contributed by atoms with Crippen LogP contribution >= 0.6 is 11.6 Å². The van der Waals surface area contributed by atoms with Crippen LogP contribution in [0.5, 0.6) is 0 Å². The van der Waals surface area contributed by atoms with E-state index in [1.807, 2.05) is 6.92 Å². The summed E-state index contributed by atoms with van der Waals surface area (Å²) in [6.45, 7) is 2.56. The van der Waals surface area contributed by atoms with Crippen LogP contribution < -0.4 is 5.32 Å². The maximum atomic E-state index is 12.1. The number of carbonyl (C=O) groups is 2. The molecule has 0 amide bonds. The zero-order valence-electron chi connectivity index (χ0n) is 10.1. The molecular weight excluding hydrogens is 254 g/mol. The molecule has 1 rings (SSSR count). The van der Waals surface area contributed by atoms with Crippen LogP contribution in [0.25, 0.3) is 0 Å². The molecule has 0 aliphatic rings. The predicted octanol–water partition coefficient (Wildman–Crippen LogP) is 2.37. The number of hydrogen-bond acceptors (Lipinski definition) is 3. The molecular formula is C13H16ClNO3. The van der Waals surface area contributed by atoms with Crippen LogP contribution in [0.1, 0.15) is 30.1 Å². The van der Waals surface area contributed by atoms with Crippen LogP contribution in [0.15, 0.2) is 24.3 Å². The van der Waals surface area contributed by atoms with Crippen LogP contribution in [0.4, 0.5) is 0 Å². The first-order valence-corrected chi connectivity index (χ1v) is 6.17. The van der Waals surface area contributed by atoms with Gasteiger partial charge in [0, 0.05) is 10.6 Å². The lowest BCUT2D eigenvalue weighted by atomic mass is 10.0. The number of nitrogens with one attached hydrogen (secondary N) is 1.